The maximum atomic E-state index is 11.8. The van der Waals surface area contributed by atoms with Gasteiger partial charge in [0.2, 0.25) is 0 Å². The summed E-state index contributed by atoms with van der Waals surface area (Å²) in [5, 5.41) is 3.51. The monoisotopic (exact) mass is 353 g/mol. The van der Waals surface area contributed by atoms with E-state index in [9.17, 15) is 4.91 Å². The molecule has 2 aromatic rings. The maximum absolute atomic E-state index is 11.8. The Morgan fingerprint density at radius 2 is 1.00 bits per heavy atom. The number of rotatable bonds is 9. The highest BCUT2D eigenvalue weighted by atomic mass is 16.3. The van der Waals surface area contributed by atoms with Crippen molar-refractivity contribution in [1.29, 1.82) is 0 Å². The Bertz CT molecular complexity index is 631. The minimum atomic E-state index is -0.885. The second-order valence-corrected chi connectivity index (χ2v) is 6.60. The predicted molar refractivity (Wildman–Crippen MR) is 112 cm³/mol. The Morgan fingerprint density at radius 1 is 0.692 bits per heavy atom. The van der Waals surface area contributed by atoms with Crippen LogP contribution in [0.25, 0.3) is 0 Å². The second-order valence-electron chi connectivity index (χ2n) is 6.60. The third-order valence-electron chi connectivity index (χ3n) is 5.30. The van der Waals surface area contributed by atoms with Gasteiger partial charge in [0.15, 0.2) is 0 Å². The lowest BCUT2D eigenvalue weighted by molar-refractivity contribution is 0.600. The first kappa shape index (κ1) is 20.0. The maximum Gasteiger partial charge on any atom is 0.150 e. The van der Waals surface area contributed by atoms with E-state index in [4.69, 9.17) is 0 Å². The van der Waals surface area contributed by atoms with Gasteiger partial charge in [0.05, 0.1) is 0 Å². The van der Waals surface area contributed by atoms with Crippen LogP contribution in [0.3, 0.4) is 0 Å². The Morgan fingerprint density at radius 3 is 1.23 bits per heavy atom. The third kappa shape index (κ3) is 3.90. The number of benzene rings is 2. The van der Waals surface area contributed by atoms with Gasteiger partial charge in [-0.1, -0.05) is 29.4 Å². The minimum Gasteiger partial charge on any atom is -0.372 e. The topological polar surface area (TPSA) is 35.9 Å². The molecule has 0 aliphatic carbocycles. The van der Waals surface area contributed by atoms with Gasteiger partial charge >= 0.3 is 0 Å². The molecule has 0 spiro atoms. The zero-order valence-corrected chi connectivity index (χ0v) is 16.7. The lowest BCUT2D eigenvalue weighted by atomic mass is 9.85. The largest absolute Gasteiger partial charge is 0.372 e. The van der Waals surface area contributed by atoms with E-state index in [1.54, 1.807) is 0 Å². The molecule has 0 aliphatic heterocycles. The SMILES string of the molecule is CCN(CC)c1ccc(C(C)(N=O)c2ccc(N(CC)CC)cc2)cc1. The van der Waals surface area contributed by atoms with Crippen LogP contribution in [0.1, 0.15) is 45.7 Å². The lowest BCUT2D eigenvalue weighted by Gasteiger charge is -2.26. The number of hydrogen-bond donors (Lipinski definition) is 0. The fraction of sp³-hybridized carbons (Fsp3) is 0.455. The van der Waals surface area contributed by atoms with E-state index >= 15 is 0 Å². The van der Waals surface area contributed by atoms with Crippen molar-refractivity contribution in [3.05, 3.63) is 64.6 Å². The summed E-state index contributed by atoms with van der Waals surface area (Å²) in [6.07, 6.45) is 0. The number of nitroso groups, excluding NO2 is 1. The van der Waals surface area contributed by atoms with Crippen LogP contribution < -0.4 is 9.80 Å². The van der Waals surface area contributed by atoms with E-state index in [0.29, 0.717) is 0 Å². The van der Waals surface area contributed by atoms with Gasteiger partial charge in [-0.25, -0.2) is 0 Å². The first-order chi connectivity index (χ1) is 12.5. The number of hydrogen-bond acceptors (Lipinski definition) is 4. The first-order valence-electron chi connectivity index (χ1n) is 9.59. The van der Waals surface area contributed by atoms with Crippen LogP contribution in [0.2, 0.25) is 0 Å². The summed E-state index contributed by atoms with van der Waals surface area (Å²) in [6, 6.07) is 16.4. The fourth-order valence-corrected chi connectivity index (χ4v) is 3.44. The number of anilines is 2. The summed E-state index contributed by atoms with van der Waals surface area (Å²) in [7, 11) is 0. The van der Waals surface area contributed by atoms with Crippen molar-refractivity contribution in [2.24, 2.45) is 5.18 Å². The van der Waals surface area contributed by atoms with Crippen molar-refractivity contribution in [2.45, 2.75) is 40.2 Å². The molecule has 0 heterocycles. The summed E-state index contributed by atoms with van der Waals surface area (Å²) in [5.41, 5.74) is 3.29. The van der Waals surface area contributed by atoms with Gasteiger partial charge in [-0.15, -0.1) is 4.91 Å². The molecule has 4 nitrogen and oxygen atoms in total. The molecule has 0 aliphatic rings. The van der Waals surface area contributed by atoms with Crippen LogP contribution in [-0.2, 0) is 5.54 Å². The molecule has 0 atom stereocenters. The predicted octanol–water partition coefficient (Wildman–Crippen LogP) is 5.41. The summed E-state index contributed by atoms with van der Waals surface area (Å²) >= 11 is 0. The first-order valence-corrected chi connectivity index (χ1v) is 9.59. The summed E-state index contributed by atoms with van der Waals surface area (Å²) < 4.78 is 0. The average molecular weight is 354 g/mol. The molecule has 140 valence electrons. The Labute approximate surface area is 157 Å². The third-order valence-corrected chi connectivity index (χ3v) is 5.30. The van der Waals surface area contributed by atoms with Gasteiger partial charge < -0.3 is 9.80 Å². The Kier molecular flexibility index (Phi) is 6.78. The van der Waals surface area contributed by atoms with Crippen molar-refractivity contribution in [3.8, 4) is 0 Å². The highest BCUT2D eigenvalue weighted by Crippen LogP contribution is 2.35. The molecule has 0 fully saturated rings. The highest BCUT2D eigenvalue weighted by Gasteiger charge is 2.30. The van der Waals surface area contributed by atoms with E-state index in [0.717, 1.165) is 37.3 Å². The van der Waals surface area contributed by atoms with Crippen molar-refractivity contribution in [1.82, 2.24) is 0 Å². The summed E-state index contributed by atoms with van der Waals surface area (Å²) in [5.74, 6) is 0. The van der Waals surface area contributed by atoms with Gasteiger partial charge in [0.25, 0.3) is 0 Å². The lowest BCUT2D eigenvalue weighted by Crippen LogP contribution is -2.24. The van der Waals surface area contributed by atoms with E-state index in [2.05, 4.69) is 66.9 Å². The van der Waals surface area contributed by atoms with Crippen LogP contribution in [-0.4, -0.2) is 26.2 Å². The standard InChI is InChI=1S/C22H31N3O/c1-6-24(7-2)20-14-10-18(11-15-20)22(5,23-26)19-12-16-21(17-13-19)25(8-3)9-4/h10-17H,6-9H2,1-5H3. The molecule has 0 radical (unpaired) electrons. The normalized spacial score (nSPS) is 11.3. The van der Waals surface area contributed by atoms with Crippen LogP contribution in [0.4, 0.5) is 11.4 Å². The average Bonchev–Trinajstić information content (AvgIpc) is 2.70. The van der Waals surface area contributed by atoms with Crippen molar-refractivity contribution in [3.63, 3.8) is 0 Å². The molecular weight excluding hydrogens is 322 g/mol. The van der Waals surface area contributed by atoms with Crippen molar-refractivity contribution in [2.75, 3.05) is 36.0 Å². The zero-order chi connectivity index (χ0) is 19.2. The minimum absolute atomic E-state index is 0.885. The summed E-state index contributed by atoms with van der Waals surface area (Å²) in [4.78, 5) is 16.4. The number of nitrogens with zero attached hydrogens (tertiary/aromatic N) is 3. The molecule has 2 aromatic carbocycles. The smallest absolute Gasteiger partial charge is 0.150 e. The van der Waals surface area contributed by atoms with Crippen LogP contribution in [0.15, 0.2) is 53.7 Å². The molecular formula is C22H31N3O. The molecule has 0 saturated carbocycles. The molecule has 0 unspecified atom stereocenters. The molecule has 0 saturated heterocycles. The molecule has 0 bridgehead atoms. The molecule has 0 aromatic heterocycles. The zero-order valence-electron chi connectivity index (χ0n) is 16.7. The molecule has 26 heavy (non-hydrogen) atoms. The Hall–Kier alpha value is -2.36. The van der Waals surface area contributed by atoms with Gasteiger partial charge in [0.1, 0.15) is 5.54 Å². The van der Waals surface area contributed by atoms with Gasteiger partial charge in [-0.2, -0.15) is 0 Å². The second kappa shape index (κ2) is 8.84. The summed E-state index contributed by atoms with van der Waals surface area (Å²) in [6.45, 7) is 14.3. The Balaban J connectivity index is 2.34. The van der Waals surface area contributed by atoms with E-state index in [1.807, 2.05) is 31.2 Å². The van der Waals surface area contributed by atoms with Crippen molar-refractivity contribution < 1.29 is 0 Å². The van der Waals surface area contributed by atoms with Crippen LogP contribution in [0.5, 0.6) is 0 Å². The van der Waals surface area contributed by atoms with Crippen LogP contribution >= 0.6 is 0 Å². The molecule has 0 N–H and O–H groups in total. The van der Waals surface area contributed by atoms with E-state index in [1.165, 1.54) is 11.4 Å². The van der Waals surface area contributed by atoms with Crippen molar-refractivity contribution >= 4 is 11.4 Å². The molecule has 0 amide bonds. The van der Waals surface area contributed by atoms with E-state index in [-0.39, 0.29) is 0 Å². The van der Waals surface area contributed by atoms with Gasteiger partial charge in [0, 0.05) is 37.6 Å². The molecule has 2 rings (SSSR count). The fourth-order valence-electron chi connectivity index (χ4n) is 3.44. The van der Waals surface area contributed by atoms with Gasteiger partial charge in [-0.05, 0) is 70.0 Å². The van der Waals surface area contributed by atoms with Crippen LogP contribution in [0, 0.1) is 4.91 Å². The van der Waals surface area contributed by atoms with E-state index < -0.39 is 5.54 Å². The van der Waals surface area contributed by atoms with Gasteiger partial charge in [-0.3, -0.25) is 0 Å². The molecule has 4 heteroatoms. The quantitative estimate of drug-likeness (QED) is 0.566. The highest BCUT2D eigenvalue weighted by molar-refractivity contribution is 5.53.